The molecule has 7 heteroatoms. The minimum absolute atomic E-state index is 0.0897. The average Bonchev–Trinajstić information content (AvgIpc) is 3.32. The van der Waals surface area contributed by atoms with Crippen molar-refractivity contribution >= 4 is 16.8 Å². The third-order valence-corrected chi connectivity index (χ3v) is 5.05. The van der Waals surface area contributed by atoms with Crippen LogP contribution in [0.4, 0.5) is 0 Å². The summed E-state index contributed by atoms with van der Waals surface area (Å²) in [6.07, 6.45) is 0.704. The zero-order valence-corrected chi connectivity index (χ0v) is 15.2. The summed E-state index contributed by atoms with van der Waals surface area (Å²) in [6.45, 7) is 7.08. The lowest BCUT2D eigenvalue weighted by Crippen LogP contribution is -2.31. The maximum atomic E-state index is 12.7. The Morgan fingerprint density at radius 2 is 2.19 bits per heavy atom. The predicted molar refractivity (Wildman–Crippen MR) is 98.0 cm³/mol. The summed E-state index contributed by atoms with van der Waals surface area (Å²) >= 11 is 0. The maximum Gasteiger partial charge on any atom is 0.268 e. The number of aromatic amines is 2. The molecule has 1 fully saturated rings. The summed E-state index contributed by atoms with van der Waals surface area (Å²) in [5, 5.41) is 11.2. The van der Waals surface area contributed by atoms with Gasteiger partial charge in [0.2, 0.25) is 0 Å². The number of benzene rings is 1. The molecule has 0 unspecified atom stereocenters. The number of amides is 1. The molecule has 0 spiro atoms. The normalized spacial score (nSPS) is 20.0. The number of H-pyrrole nitrogens is 2. The minimum atomic E-state index is -0.174. The van der Waals surface area contributed by atoms with Gasteiger partial charge < -0.3 is 15.0 Å². The van der Waals surface area contributed by atoms with Crippen molar-refractivity contribution in [3.63, 3.8) is 0 Å². The van der Waals surface area contributed by atoms with E-state index in [1.807, 2.05) is 26.0 Å². The fraction of sp³-hybridized carbons (Fsp3) is 0.421. The van der Waals surface area contributed by atoms with E-state index in [0.29, 0.717) is 24.7 Å². The third-order valence-electron chi connectivity index (χ3n) is 5.05. The molecular formula is C19H23N5O2. The molecule has 0 bridgehead atoms. The van der Waals surface area contributed by atoms with Gasteiger partial charge in [-0.3, -0.25) is 9.89 Å². The van der Waals surface area contributed by atoms with Crippen molar-refractivity contribution in [3.8, 4) is 0 Å². The summed E-state index contributed by atoms with van der Waals surface area (Å²) in [7, 11) is 0. The zero-order valence-electron chi connectivity index (χ0n) is 15.2. The number of rotatable bonds is 4. The number of carbonyl (C=O) groups is 1. The van der Waals surface area contributed by atoms with Crippen LogP contribution in [0.3, 0.4) is 0 Å². The van der Waals surface area contributed by atoms with Crippen LogP contribution < -0.4 is 5.32 Å². The second kappa shape index (κ2) is 6.57. The fourth-order valence-electron chi connectivity index (χ4n) is 3.60. The number of nitrogens with one attached hydrogen (secondary N) is 3. The van der Waals surface area contributed by atoms with E-state index in [0.717, 1.165) is 28.7 Å². The summed E-state index contributed by atoms with van der Waals surface area (Å²) in [5.74, 6) is 1.51. The van der Waals surface area contributed by atoms with Gasteiger partial charge in [0.15, 0.2) is 5.82 Å². The van der Waals surface area contributed by atoms with Crippen molar-refractivity contribution < 1.29 is 9.53 Å². The van der Waals surface area contributed by atoms with Gasteiger partial charge in [-0.1, -0.05) is 11.6 Å². The highest BCUT2D eigenvalue weighted by molar-refractivity contribution is 6.01. The van der Waals surface area contributed by atoms with Gasteiger partial charge >= 0.3 is 0 Å². The van der Waals surface area contributed by atoms with Crippen molar-refractivity contribution in [1.29, 1.82) is 0 Å². The highest BCUT2D eigenvalue weighted by Crippen LogP contribution is 2.32. The van der Waals surface area contributed by atoms with Crippen molar-refractivity contribution in [3.05, 3.63) is 46.7 Å². The van der Waals surface area contributed by atoms with Crippen LogP contribution in [0, 0.1) is 26.7 Å². The monoisotopic (exact) mass is 353 g/mol. The van der Waals surface area contributed by atoms with Crippen LogP contribution in [0.2, 0.25) is 0 Å². The molecule has 0 aliphatic carbocycles. The SMILES string of the molecule is Cc1ccc2[nH]c(C(=O)NC[C@@H]3CCO[C@@H]3c3n[nH]c(C)n3)c(C)c2c1. The Morgan fingerprint density at radius 3 is 2.96 bits per heavy atom. The molecule has 0 saturated carbocycles. The molecule has 3 N–H and O–H groups in total. The molecule has 7 nitrogen and oxygen atoms in total. The fourth-order valence-corrected chi connectivity index (χ4v) is 3.60. The summed E-state index contributed by atoms with van der Waals surface area (Å²) in [4.78, 5) is 20.3. The molecule has 1 aromatic carbocycles. The van der Waals surface area contributed by atoms with Crippen molar-refractivity contribution in [1.82, 2.24) is 25.5 Å². The van der Waals surface area contributed by atoms with Gasteiger partial charge in [0.25, 0.3) is 5.91 Å². The Kier molecular flexibility index (Phi) is 4.24. The van der Waals surface area contributed by atoms with Gasteiger partial charge in [-0.25, -0.2) is 4.98 Å². The lowest BCUT2D eigenvalue weighted by molar-refractivity contribution is 0.0797. The Hall–Kier alpha value is -2.67. The van der Waals surface area contributed by atoms with Crippen LogP contribution in [0.25, 0.3) is 10.9 Å². The number of hydrogen-bond acceptors (Lipinski definition) is 4. The van der Waals surface area contributed by atoms with E-state index in [9.17, 15) is 4.79 Å². The van der Waals surface area contributed by atoms with E-state index in [1.165, 1.54) is 5.56 Å². The zero-order chi connectivity index (χ0) is 18.3. The highest BCUT2D eigenvalue weighted by atomic mass is 16.5. The summed E-state index contributed by atoms with van der Waals surface area (Å²) < 4.78 is 5.78. The molecule has 4 rings (SSSR count). The Balaban J connectivity index is 1.48. The van der Waals surface area contributed by atoms with E-state index < -0.39 is 0 Å². The van der Waals surface area contributed by atoms with E-state index in [-0.39, 0.29) is 17.9 Å². The van der Waals surface area contributed by atoms with Crippen molar-refractivity contribution in [2.45, 2.75) is 33.3 Å². The van der Waals surface area contributed by atoms with E-state index in [4.69, 9.17) is 4.74 Å². The van der Waals surface area contributed by atoms with Gasteiger partial charge in [-0.05, 0) is 44.9 Å². The molecule has 0 radical (unpaired) electrons. The molecule has 26 heavy (non-hydrogen) atoms. The van der Waals surface area contributed by atoms with Crippen LogP contribution >= 0.6 is 0 Å². The Labute approximate surface area is 151 Å². The van der Waals surface area contributed by atoms with Gasteiger partial charge in [0.1, 0.15) is 17.6 Å². The van der Waals surface area contributed by atoms with Crippen LogP contribution in [0.1, 0.15) is 45.8 Å². The number of fused-ring (bicyclic) bond motifs is 1. The second-order valence-electron chi connectivity index (χ2n) is 7.00. The molecule has 2 atom stereocenters. The minimum Gasteiger partial charge on any atom is -0.370 e. The molecule has 1 amide bonds. The van der Waals surface area contributed by atoms with E-state index in [2.05, 4.69) is 38.5 Å². The summed E-state index contributed by atoms with van der Waals surface area (Å²) in [6, 6.07) is 6.16. The molecule has 3 heterocycles. The number of ether oxygens (including phenoxy) is 1. The first-order chi connectivity index (χ1) is 12.5. The molecule has 2 aromatic heterocycles. The number of hydrogen-bond donors (Lipinski definition) is 3. The van der Waals surface area contributed by atoms with Gasteiger partial charge in [0, 0.05) is 30.0 Å². The van der Waals surface area contributed by atoms with E-state index >= 15 is 0 Å². The smallest absolute Gasteiger partial charge is 0.268 e. The second-order valence-corrected chi connectivity index (χ2v) is 7.00. The average molecular weight is 353 g/mol. The van der Waals surface area contributed by atoms with Crippen LogP contribution in [0.5, 0.6) is 0 Å². The van der Waals surface area contributed by atoms with Crippen LogP contribution in [-0.4, -0.2) is 39.2 Å². The topological polar surface area (TPSA) is 95.7 Å². The Bertz CT molecular complexity index is 958. The molecule has 1 saturated heterocycles. The summed E-state index contributed by atoms with van der Waals surface area (Å²) in [5.41, 5.74) is 3.76. The lowest BCUT2D eigenvalue weighted by Gasteiger charge is -2.16. The van der Waals surface area contributed by atoms with Gasteiger partial charge in [0.05, 0.1) is 0 Å². The van der Waals surface area contributed by atoms with Gasteiger partial charge in [-0.15, -0.1) is 0 Å². The van der Waals surface area contributed by atoms with Crippen LogP contribution in [0.15, 0.2) is 18.2 Å². The largest absolute Gasteiger partial charge is 0.370 e. The van der Waals surface area contributed by atoms with Gasteiger partial charge in [-0.2, -0.15) is 5.10 Å². The number of aromatic nitrogens is 4. The first-order valence-corrected chi connectivity index (χ1v) is 8.90. The molecule has 1 aliphatic rings. The first kappa shape index (κ1) is 16.8. The highest BCUT2D eigenvalue weighted by Gasteiger charge is 2.33. The lowest BCUT2D eigenvalue weighted by atomic mass is 10.0. The quantitative estimate of drug-likeness (QED) is 0.672. The Morgan fingerprint density at radius 1 is 1.35 bits per heavy atom. The molecular weight excluding hydrogens is 330 g/mol. The number of nitrogens with zero attached hydrogens (tertiary/aromatic N) is 2. The third kappa shape index (κ3) is 2.99. The molecule has 3 aromatic rings. The molecule has 136 valence electrons. The number of carbonyl (C=O) groups excluding carboxylic acids is 1. The van der Waals surface area contributed by atoms with Crippen molar-refractivity contribution in [2.24, 2.45) is 5.92 Å². The molecule has 1 aliphatic heterocycles. The van der Waals surface area contributed by atoms with Crippen molar-refractivity contribution in [2.75, 3.05) is 13.2 Å². The first-order valence-electron chi connectivity index (χ1n) is 8.90. The van der Waals surface area contributed by atoms with Crippen LogP contribution in [-0.2, 0) is 4.74 Å². The van der Waals surface area contributed by atoms with E-state index in [1.54, 1.807) is 0 Å². The predicted octanol–water partition coefficient (Wildman–Crippen LogP) is 2.72. The standard InChI is InChI=1S/C19H23N5O2/c1-10-4-5-15-14(8-10)11(2)16(22-15)19(25)20-9-13-6-7-26-17(13)18-21-12(3)23-24-18/h4-5,8,13,17,22H,6-7,9H2,1-3H3,(H,20,25)(H,21,23,24)/t13-,17-/m0/s1. The maximum absolute atomic E-state index is 12.7. The number of aryl methyl sites for hydroxylation is 3.